The van der Waals surface area contributed by atoms with Gasteiger partial charge in [-0.15, -0.1) is 0 Å². The smallest absolute Gasteiger partial charge is 0.333 e. The standard InChI is InChI=1S/C11H16O7/c1-6(2)11(17)18-5-8(12)3-7(10(15)16)4-9(13)14/h7-8,12H,1,3-5H2,2H3,(H,13,14)(H,15,16). The molecule has 0 aliphatic heterocycles. The second-order valence-electron chi connectivity index (χ2n) is 3.90. The molecule has 0 aromatic carbocycles. The Morgan fingerprint density at radius 2 is 1.83 bits per heavy atom. The van der Waals surface area contributed by atoms with Crippen molar-refractivity contribution in [3.8, 4) is 0 Å². The maximum Gasteiger partial charge on any atom is 0.333 e. The molecule has 0 saturated heterocycles. The molecule has 2 atom stereocenters. The molecule has 0 amide bonds. The number of hydrogen-bond acceptors (Lipinski definition) is 5. The number of esters is 1. The fourth-order valence-corrected chi connectivity index (χ4v) is 1.17. The average Bonchev–Trinajstić information content (AvgIpc) is 2.23. The van der Waals surface area contributed by atoms with Gasteiger partial charge in [0.2, 0.25) is 0 Å². The van der Waals surface area contributed by atoms with Crippen LogP contribution in [0.3, 0.4) is 0 Å². The van der Waals surface area contributed by atoms with Gasteiger partial charge >= 0.3 is 17.9 Å². The highest BCUT2D eigenvalue weighted by Crippen LogP contribution is 2.12. The highest BCUT2D eigenvalue weighted by atomic mass is 16.5. The molecule has 0 aromatic heterocycles. The van der Waals surface area contributed by atoms with Crippen LogP contribution in [0.1, 0.15) is 19.8 Å². The average molecular weight is 260 g/mol. The van der Waals surface area contributed by atoms with Gasteiger partial charge in [0.15, 0.2) is 0 Å². The zero-order chi connectivity index (χ0) is 14.3. The predicted molar refractivity (Wildman–Crippen MR) is 59.8 cm³/mol. The SMILES string of the molecule is C=C(C)C(=O)OCC(O)CC(CC(=O)O)C(=O)O. The summed E-state index contributed by atoms with van der Waals surface area (Å²) in [6.07, 6.45) is -2.12. The number of carboxylic acid groups (broad SMARTS) is 2. The topological polar surface area (TPSA) is 121 Å². The van der Waals surface area contributed by atoms with Crippen LogP contribution in [0.25, 0.3) is 0 Å². The molecule has 7 nitrogen and oxygen atoms in total. The lowest BCUT2D eigenvalue weighted by Crippen LogP contribution is -2.27. The highest BCUT2D eigenvalue weighted by molar-refractivity contribution is 5.86. The minimum atomic E-state index is -1.32. The number of aliphatic hydroxyl groups excluding tert-OH is 1. The zero-order valence-corrected chi connectivity index (χ0v) is 9.96. The molecule has 0 saturated carbocycles. The highest BCUT2D eigenvalue weighted by Gasteiger charge is 2.24. The maximum atomic E-state index is 11.0. The first-order valence-corrected chi connectivity index (χ1v) is 5.19. The molecule has 0 spiro atoms. The third kappa shape index (κ3) is 6.64. The van der Waals surface area contributed by atoms with Gasteiger partial charge in [-0.3, -0.25) is 9.59 Å². The van der Waals surface area contributed by atoms with E-state index in [1.807, 2.05) is 0 Å². The minimum Gasteiger partial charge on any atom is -0.481 e. The molecule has 2 unspecified atom stereocenters. The summed E-state index contributed by atoms with van der Waals surface area (Å²) >= 11 is 0. The van der Waals surface area contributed by atoms with Crippen LogP contribution < -0.4 is 0 Å². The number of carbonyl (C=O) groups excluding carboxylic acids is 1. The quantitative estimate of drug-likeness (QED) is 0.416. The van der Waals surface area contributed by atoms with E-state index in [2.05, 4.69) is 11.3 Å². The predicted octanol–water partition coefficient (Wildman–Crippen LogP) is 0.0322. The van der Waals surface area contributed by atoms with Crippen LogP contribution in [0.2, 0.25) is 0 Å². The Morgan fingerprint density at radius 1 is 1.28 bits per heavy atom. The summed E-state index contributed by atoms with van der Waals surface area (Å²) in [5.41, 5.74) is 0.155. The van der Waals surface area contributed by atoms with Crippen LogP contribution >= 0.6 is 0 Å². The molecule has 0 radical (unpaired) electrons. The van der Waals surface area contributed by atoms with Crippen LogP contribution in [0.15, 0.2) is 12.2 Å². The monoisotopic (exact) mass is 260 g/mol. The van der Waals surface area contributed by atoms with Crippen molar-refractivity contribution < 1.29 is 34.4 Å². The second-order valence-corrected chi connectivity index (χ2v) is 3.90. The molecule has 0 aromatic rings. The lowest BCUT2D eigenvalue weighted by molar-refractivity contribution is -0.150. The molecule has 0 bridgehead atoms. The van der Waals surface area contributed by atoms with E-state index in [0.29, 0.717) is 0 Å². The Bertz CT molecular complexity index is 347. The Kier molecular flexibility index (Phi) is 6.66. The van der Waals surface area contributed by atoms with Gasteiger partial charge in [0.05, 0.1) is 18.4 Å². The van der Waals surface area contributed by atoms with E-state index in [0.717, 1.165) is 0 Å². The summed E-state index contributed by atoms with van der Waals surface area (Å²) in [4.78, 5) is 32.1. The summed E-state index contributed by atoms with van der Waals surface area (Å²) in [5, 5.41) is 26.7. The van der Waals surface area contributed by atoms with Crippen LogP contribution in [0.4, 0.5) is 0 Å². The van der Waals surface area contributed by atoms with Gasteiger partial charge in [-0.25, -0.2) is 4.79 Å². The number of hydrogen-bond donors (Lipinski definition) is 3. The molecule has 7 heteroatoms. The molecule has 3 N–H and O–H groups in total. The Balaban J connectivity index is 4.21. The summed E-state index contributed by atoms with van der Waals surface area (Å²) in [6, 6.07) is 0. The number of rotatable bonds is 8. The van der Waals surface area contributed by atoms with Crippen molar-refractivity contribution in [1.29, 1.82) is 0 Å². The minimum absolute atomic E-state index is 0.155. The van der Waals surface area contributed by atoms with E-state index in [-0.39, 0.29) is 12.0 Å². The fraction of sp³-hybridized carbons (Fsp3) is 0.545. The summed E-state index contributed by atoms with van der Waals surface area (Å²) < 4.78 is 4.62. The van der Waals surface area contributed by atoms with E-state index in [1.54, 1.807) is 0 Å². The first kappa shape index (κ1) is 16.1. The van der Waals surface area contributed by atoms with Gasteiger partial charge in [-0.2, -0.15) is 0 Å². The van der Waals surface area contributed by atoms with Crippen molar-refractivity contribution in [3.05, 3.63) is 12.2 Å². The lowest BCUT2D eigenvalue weighted by Gasteiger charge is -2.15. The third-order valence-corrected chi connectivity index (χ3v) is 2.08. The summed E-state index contributed by atoms with van der Waals surface area (Å²) in [5.74, 6) is -4.50. The van der Waals surface area contributed by atoms with Gasteiger partial charge < -0.3 is 20.1 Å². The largest absolute Gasteiger partial charge is 0.481 e. The number of ether oxygens (including phenoxy) is 1. The van der Waals surface area contributed by atoms with Crippen molar-refractivity contribution in [2.75, 3.05) is 6.61 Å². The third-order valence-electron chi connectivity index (χ3n) is 2.08. The van der Waals surface area contributed by atoms with Gasteiger partial charge in [0, 0.05) is 5.57 Å². The van der Waals surface area contributed by atoms with E-state index >= 15 is 0 Å². The van der Waals surface area contributed by atoms with Crippen LogP contribution in [-0.2, 0) is 19.1 Å². The molecule has 0 rings (SSSR count). The molecular formula is C11H16O7. The van der Waals surface area contributed by atoms with Crippen molar-refractivity contribution in [1.82, 2.24) is 0 Å². The second kappa shape index (κ2) is 7.44. The van der Waals surface area contributed by atoms with Crippen LogP contribution in [0, 0.1) is 5.92 Å². The van der Waals surface area contributed by atoms with Gasteiger partial charge in [0.1, 0.15) is 6.61 Å². The van der Waals surface area contributed by atoms with E-state index in [9.17, 15) is 19.5 Å². The summed E-state index contributed by atoms with van der Waals surface area (Å²) in [6.45, 7) is 4.37. The van der Waals surface area contributed by atoms with E-state index in [1.165, 1.54) is 6.92 Å². The molecule has 0 aliphatic rings. The zero-order valence-electron chi connectivity index (χ0n) is 9.96. The van der Waals surface area contributed by atoms with Gasteiger partial charge in [-0.1, -0.05) is 6.58 Å². The molecule has 0 fully saturated rings. The number of aliphatic hydroxyl groups is 1. The van der Waals surface area contributed by atoms with Crippen molar-refractivity contribution in [3.63, 3.8) is 0 Å². The van der Waals surface area contributed by atoms with Crippen LogP contribution in [-0.4, -0.2) is 45.9 Å². The fourth-order valence-electron chi connectivity index (χ4n) is 1.17. The van der Waals surface area contributed by atoms with Gasteiger partial charge in [-0.05, 0) is 13.3 Å². The molecule has 0 aliphatic carbocycles. The maximum absolute atomic E-state index is 11.0. The van der Waals surface area contributed by atoms with E-state index < -0.39 is 43.0 Å². The van der Waals surface area contributed by atoms with E-state index in [4.69, 9.17) is 10.2 Å². The van der Waals surface area contributed by atoms with Crippen molar-refractivity contribution >= 4 is 17.9 Å². The molecule has 18 heavy (non-hydrogen) atoms. The normalized spacial score (nSPS) is 13.4. The molecule has 0 heterocycles. The molecule has 102 valence electrons. The first-order valence-electron chi connectivity index (χ1n) is 5.19. The van der Waals surface area contributed by atoms with Crippen molar-refractivity contribution in [2.24, 2.45) is 5.92 Å². The number of aliphatic carboxylic acids is 2. The Labute approximate surface area is 104 Å². The van der Waals surface area contributed by atoms with Crippen LogP contribution in [0.5, 0.6) is 0 Å². The first-order chi connectivity index (χ1) is 8.23. The van der Waals surface area contributed by atoms with Gasteiger partial charge in [0.25, 0.3) is 0 Å². The Hall–Kier alpha value is -1.89. The lowest BCUT2D eigenvalue weighted by atomic mass is 9.98. The number of carboxylic acids is 2. The molecular weight excluding hydrogens is 244 g/mol. The number of carbonyl (C=O) groups is 3. The Morgan fingerprint density at radius 3 is 2.22 bits per heavy atom. The summed E-state index contributed by atoms with van der Waals surface area (Å²) in [7, 11) is 0. The van der Waals surface area contributed by atoms with Crippen molar-refractivity contribution in [2.45, 2.75) is 25.9 Å².